The molecule has 0 radical (unpaired) electrons. The number of rotatable bonds is 5. The van der Waals surface area contributed by atoms with E-state index in [1.54, 1.807) is 6.92 Å². The molecular weight excluding hydrogens is 408 g/mol. The van der Waals surface area contributed by atoms with E-state index in [1.165, 1.54) is 19.2 Å². The second-order valence-corrected chi connectivity index (χ2v) is 7.30. The van der Waals surface area contributed by atoms with Gasteiger partial charge in [-0.3, -0.25) is 5.32 Å². The summed E-state index contributed by atoms with van der Waals surface area (Å²) in [4.78, 5) is 27.4. The van der Waals surface area contributed by atoms with Gasteiger partial charge in [0.05, 0.1) is 12.7 Å². The highest BCUT2D eigenvalue weighted by molar-refractivity contribution is 5.96. The number of methoxy groups -OCH3 is 1. The number of nitrogens with zero attached hydrogens (tertiary/aromatic N) is 3. The first kappa shape index (κ1) is 21.0. The molecule has 0 spiro atoms. The Morgan fingerprint density at radius 2 is 1.69 bits per heavy atom. The zero-order chi connectivity index (χ0) is 22.7. The van der Waals surface area contributed by atoms with Crippen molar-refractivity contribution >= 4 is 23.4 Å². The molecular formula is C24H20N4O4. The molecule has 0 aliphatic heterocycles. The maximum absolute atomic E-state index is 12.5. The van der Waals surface area contributed by atoms with Crippen LogP contribution in [-0.4, -0.2) is 25.8 Å². The number of fused-ring (bicyclic) bond motifs is 3. The Morgan fingerprint density at radius 3 is 2.28 bits per heavy atom. The van der Waals surface area contributed by atoms with Crippen molar-refractivity contribution in [2.45, 2.75) is 12.8 Å². The van der Waals surface area contributed by atoms with Gasteiger partial charge in [0.25, 0.3) is 0 Å². The van der Waals surface area contributed by atoms with E-state index in [0.29, 0.717) is 5.56 Å². The van der Waals surface area contributed by atoms with Gasteiger partial charge in [0.2, 0.25) is 0 Å². The molecule has 1 aliphatic carbocycles. The minimum Gasteiger partial charge on any atom is -0.465 e. The van der Waals surface area contributed by atoms with E-state index in [0.717, 1.165) is 22.3 Å². The molecule has 4 rings (SSSR count). The number of anilines is 1. The smallest absolute Gasteiger partial charge is 0.411 e. The third-order valence-electron chi connectivity index (χ3n) is 5.53. The molecule has 0 saturated carbocycles. The lowest BCUT2D eigenvalue weighted by Gasteiger charge is -2.15. The van der Waals surface area contributed by atoms with Crippen molar-refractivity contribution in [3.8, 4) is 11.1 Å². The van der Waals surface area contributed by atoms with E-state index in [4.69, 9.17) is 15.0 Å². The zero-order valence-corrected chi connectivity index (χ0v) is 17.5. The molecule has 0 fully saturated rings. The van der Waals surface area contributed by atoms with Crippen molar-refractivity contribution in [1.82, 2.24) is 0 Å². The number of benzene rings is 3. The summed E-state index contributed by atoms with van der Waals surface area (Å²) in [5.74, 6) is -0.677. The molecule has 0 aromatic heterocycles. The topological polar surface area (TPSA) is 113 Å². The van der Waals surface area contributed by atoms with Gasteiger partial charge in [-0.15, -0.1) is 0 Å². The van der Waals surface area contributed by atoms with E-state index in [9.17, 15) is 9.59 Å². The van der Waals surface area contributed by atoms with Crippen LogP contribution in [-0.2, 0) is 9.47 Å². The SMILES string of the molecule is COC(=O)c1cc(NC(=O)OCC2c3ccccc3-c3ccccc32)cc(N=[N+]=[N-])c1C. The molecule has 0 heterocycles. The van der Waals surface area contributed by atoms with E-state index in [2.05, 4.69) is 27.5 Å². The van der Waals surface area contributed by atoms with Crippen molar-refractivity contribution in [3.63, 3.8) is 0 Å². The number of nitrogens with one attached hydrogen (secondary N) is 1. The van der Waals surface area contributed by atoms with Crippen molar-refractivity contribution < 1.29 is 19.1 Å². The molecule has 0 saturated heterocycles. The van der Waals surface area contributed by atoms with Crippen LogP contribution >= 0.6 is 0 Å². The average molecular weight is 428 g/mol. The Bertz CT molecular complexity index is 1220. The van der Waals surface area contributed by atoms with Crippen molar-refractivity contribution in [1.29, 1.82) is 0 Å². The largest absolute Gasteiger partial charge is 0.465 e. The van der Waals surface area contributed by atoms with Crippen molar-refractivity contribution in [2.75, 3.05) is 19.0 Å². The van der Waals surface area contributed by atoms with Gasteiger partial charge in [0, 0.05) is 22.2 Å². The molecule has 0 bridgehead atoms. The first-order chi connectivity index (χ1) is 15.5. The fraction of sp³-hybridized carbons (Fsp3) is 0.167. The van der Waals surface area contributed by atoms with E-state index in [-0.39, 0.29) is 29.5 Å². The second kappa shape index (κ2) is 8.83. The van der Waals surface area contributed by atoms with E-state index in [1.807, 2.05) is 36.4 Å². The summed E-state index contributed by atoms with van der Waals surface area (Å²) in [7, 11) is 1.25. The molecule has 160 valence electrons. The van der Waals surface area contributed by atoms with Crippen molar-refractivity contribution in [2.24, 2.45) is 5.11 Å². The molecule has 0 unspecified atom stereocenters. The first-order valence-electron chi connectivity index (χ1n) is 9.93. The predicted octanol–water partition coefficient (Wildman–Crippen LogP) is 6.08. The van der Waals surface area contributed by atoms with Gasteiger partial charge in [0.1, 0.15) is 6.61 Å². The number of carbonyl (C=O) groups is 2. The van der Waals surface area contributed by atoms with Crippen LogP contribution in [0.2, 0.25) is 0 Å². The third kappa shape index (κ3) is 3.87. The summed E-state index contributed by atoms with van der Waals surface area (Å²) in [6.45, 7) is 1.78. The molecule has 0 atom stereocenters. The standard InChI is InChI=1S/C24H20N4O4/c1-14-20(23(29)31-2)11-15(12-22(14)27-28-25)26-24(30)32-13-21-18-9-5-3-7-16(18)17-8-4-6-10-19(17)21/h3-12,21H,13H2,1-2H3,(H,26,30). The minimum atomic E-state index is -0.682. The Morgan fingerprint density at radius 1 is 1.06 bits per heavy atom. The Labute approximate surface area is 184 Å². The number of azide groups is 1. The number of hydrogen-bond donors (Lipinski definition) is 1. The fourth-order valence-electron chi connectivity index (χ4n) is 4.00. The molecule has 1 N–H and O–H groups in total. The van der Waals surface area contributed by atoms with Crippen LogP contribution in [0.25, 0.3) is 21.6 Å². The Balaban J connectivity index is 1.53. The van der Waals surface area contributed by atoms with Crippen LogP contribution in [0.15, 0.2) is 65.8 Å². The molecule has 8 heteroatoms. The summed E-state index contributed by atoms with van der Waals surface area (Å²) >= 11 is 0. The first-order valence-corrected chi connectivity index (χ1v) is 9.93. The maximum atomic E-state index is 12.5. The average Bonchev–Trinajstić information content (AvgIpc) is 3.13. The van der Waals surface area contributed by atoms with Gasteiger partial charge in [0.15, 0.2) is 0 Å². The van der Waals surface area contributed by atoms with Gasteiger partial charge in [-0.2, -0.15) is 0 Å². The highest BCUT2D eigenvalue weighted by Crippen LogP contribution is 2.44. The second-order valence-electron chi connectivity index (χ2n) is 7.30. The van der Waals surface area contributed by atoms with Crippen LogP contribution in [0.1, 0.15) is 33.0 Å². The highest BCUT2D eigenvalue weighted by atomic mass is 16.5. The highest BCUT2D eigenvalue weighted by Gasteiger charge is 2.29. The molecule has 8 nitrogen and oxygen atoms in total. The summed E-state index contributed by atoms with van der Waals surface area (Å²) in [6.07, 6.45) is -0.682. The predicted molar refractivity (Wildman–Crippen MR) is 120 cm³/mol. The Kier molecular flexibility index (Phi) is 5.79. The lowest BCUT2D eigenvalue weighted by atomic mass is 9.98. The van der Waals surface area contributed by atoms with Gasteiger partial charge in [-0.05, 0) is 52.4 Å². The van der Waals surface area contributed by atoms with Crippen LogP contribution < -0.4 is 5.32 Å². The van der Waals surface area contributed by atoms with E-state index < -0.39 is 12.1 Å². The van der Waals surface area contributed by atoms with Gasteiger partial charge in [-0.25, -0.2) is 9.59 Å². The number of amides is 1. The Hall–Kier alpha value is -4.29. The van der Waals surface area contributed by atoms with E-state index >= 15 is 0 Å². The third-order valence-corrected chi connectivity index (χ3v) is 5.53. The van der Waals surface area contributed by atoms with Gasteiger partial charge >= 0.3 is 12.1 Å². The minimum absolute atomic E-state index is 0.0736. The molecule has 1 amide bonds. The maximum Gasteiger partial charge on any atom is 0.411 e. The molecule has 1 aliphatic rings. The number of ether oxygens (including phenoxy) is 2. The fourth-order valence-corrected chi connectivity index (χ4v) is 4.00. The van der Waals surface area contributed by atoms with Crippen LogP contribution in [0.3, 0.4) is 0 Å². The van der Waals surface area contributed by atoms with Crippen LogP contribution in [0.5, 0.6) is 0 Å². The van der Waals surface area contributed by atoms with Crippen molar-refractivity contribution in [3.05, 3.63) is 93.4 Å². The normalized spacial score (nSPS) is 11.7. The summed E-state index contributed by atoms with van der Waals surface area (Å²) in [6, 6.07) is 19.0. The molecule has 32 heavy (non-hydrogen) atoms. The lowest BCUT2D eigenvalue weighted by Crippen LogP contribution is -2.18. The van der Waals surface area contributed by atoms with Gasteiger partial charge < -0.3 is 9.47 Å². The quantitative estimate of drug-likeness (QED) is 0.229. The monoisotopic (exact) mass is 428 g/mol. The summed E-state index contributed by atoms with van der Waals surface area (Å²) in [5, 5.41) is 6.20. The summed E-state index contributed by atoms with van der Waals surface area (Å²) in [5.41, 5.74) is 14.4. The zero-order valence-electron chi connectivity index (χ0n) is 17.5. The van der Waals surface area contributed by atoms with Gasteiger partial charge in [-0.1, -0.05) is 53.6 Å². The molecule has 3 aromatic carbocycles. The number of esters is 1. The summed E-state index contributed by atoms with van der Waals surface area (Å²) < 4.78 is 10.3. The number of hydrogen-bond acceptors (Lipinski definition) is 5. The van der Waals surface area contributed by atoms with Crippen LogP contribution in [0.4, 0.5) is 16.2 Å². The number of carbonyl (C=O) groups excluding carboxylic acids is 2. The molecule has 3 aromatic rings. The lowest BCUT2D eigenvalue weighted by molar-refractivity contribution is 0.0600. The van der Waals surface area contributed by atoms with Crippen LogP contribution in [0, 0.1) is 6.92 Å².